The van der Waals surface area contributed by atoms with Crippen molar-refractivity contribution in [2.24, 2.45) is 5.92 Å². The molecule has 52 heavy (non-hydrogen) atoms. The highest BCUT2D eigenvalue weighted by Crippen LogP contribution is 2.60. The second-order valence-corrected chi connectivity index (χ2v) is 17.9. The first-order valence-electron chi connectivity index (χ1n) is 17.4. The lowest BCUT2D eigenvalue weighted by Crippen LogP contribution is -2.45. The van der Waals surface area contributed by atoms with Crippen LogP contribution >= 0.6 is 0 Å². The van der Waals surface area contributed by atoms with Gasteiger partial charge in [-0.3, -0.25) is 19.2 Å². The summed E-state index contributed by atoms with van der Waals surface area (Å²) < 4.78 is 23.3. The van der Waals surface area contributed by atoms with E-state index in [1.807, 2.05) is 30.3 Å². The van der Waals surface area contributed by atoms with E-state index < -0.39 is 61.5 Å². The Morgan fingerprint density at radius 2 is 1.56 bits per heavy atom. The molecule has 14 heteroatoms. The molecule has 6 atom stereocenters. The van der Waals surface area contributed by atoms with Crippen LogP contribution in [0.1, 0.15) is 43.9 Å². The van der Waals surface area contributed by atoms with Gasteiger partial charge in [0.1, 0.15) is 12.2 Å². The second-order valence-electron chi connectivity index (χ2n) is 14.2. The van der Waals surface area contributed by atoms with Gasteiger partial charge in [0.25, 0.3) is 17.7 Å². The number of carbonyl (C=O) groups excluding carboxylic acids is 4. The van der Waals surface area contributed by atoms with Crippen molar-refractivity contribution >= 4 is 49.1 Å². The van der Waals surface area contributed by atoms with Gasteiger partial charge in [-0.05, 0) is 68.4 Å². The summed E-state index contributed by atoms with van der Waals surface area (Å²) in [6.07, 6.45) is -3.75. The number of fused-ring (bicyclic) bond motifs is 2. The highest BCUT2D eigenvalue weighted by Gasteiger charge is 2.67. The molecule has 3 aromatic carbocycles. The van der Waals surface area contributed by atoms with Crippen LogP contribution in [0.5, 0.6) is 0 Å². The van der Waals surface area contributed by atoms with E-state index in [1.165, 1.54) is 36.7 Å². The summed E-state index contributed by atoms with van der Waals surface area (Å²) in [4.78, 5) is 56.5. The molecule has 5 N–H and O–H groups in total. The van der Waals surface area contributed by atoms with Gasteiger partial charge in [-0.2, -0.15) is 0 Å². The molecule has 1 fully saturated rings. The Balaban J connectivity index is 1.54. The van der Waals surface area contributed by atoms with Gasteiger partial charge >= 0.3 is 0 Å². The third-order valence-electron chi connectivity index (χ3n) is 9.84. The number of ether oxygens (including phenoxy) is 1. The Bertz CT molecular complexity index is 1800. The Morgan fingerprint density at radius 3 is 2.15 bits per heavy atom. The van der Waals surface area contributed by atoms with Crippen LogP contribution in [-0.4, -0.2) is 83.7 Å². The van der Waals surface area contributed by atoms with Gasteiger partial charge in [0, 0.05) is 41.5 Å². The maximum atomic E-state index is 16.5. The highest BCUT2D eigenvalue weighted by atomic mass is 28.4. The Morgan fingerprint density at radius 1 is 0.942 bits per heavy atom. The molecule has 0 radical (unpaired) electrons. The molecule has 0 aromatic heterocycles. The average Bonchev–Trinajstić information content (AvgIpc) is 3.50. The number of anilines is 3. The van der Waals surface area contributed by atoms with E-state index in [1.54, 1.807) is 49.4 Å². The van der Waals surface area contributed by atoms with Gasteiger partial charge in [0.15, 0.2) is 5.60 Å². The quantitative estimate of drug-likeness (QED) is 0.130. The summed E-state index contributed by atoms with van der Waals surface area (Å²) in [5, 5.41) is 34.7. The third-order valence-corrected chi connectivity index (χ3v) is 12.3. The number of nitrogens with one attached hydrogen (secondary N) is 2. The molecule has 2 aliphatic rings. The van der Waals surface area contributed by atoms with E-state index >= 15 is 4.11 Å². The Kier molecular flexibility index (Phi) is 11.7. The van der Waals surface area contributed by atoms with E-state index in [4.69, 9.17) is 4.74 Å². The van der Waals surface area contributed by atoms with Crippen molar-refractivity contribution in [3.63, 3.8) is 0 Å². The predicted octanol–water partition coefficient (Wildman–Crippen LogP) is 4.06. The maximum Gasteiger partial charge on any atom is 0.264 e. The van der Waals surface area contributed by atoms with Crippen molar-refractivity contribution in [3.05, 3.63) is 89.5 Å². The summed E-state index contributed by atoms with van der Waals surface area (Å²) in [7, 11) is -3.65. The summed E-state index contributed by atoms with van der Waals surface area (Å²) in [5.74, 6) is -2.82. The molecule has 5 rings (SSSR count). The lowest BCUT2D eigenvalue weighted by Gasteiger charge is -2.31. The topological polar surface area (TPSA) is 169 Å². The molecule has 0 unspecified atom stereocenters. The van der Waals surface area contributed by atoms with E-state index in [0.29, 0.717) is 28.2 Å². The number of nitrogens with zero attached hydrogens (tertiary/aromatic N) is 2. The lowest BCUT2D eigenvalue weighted by molar-refractivity contribution is -0.150. The molecular weight excluding hydrogens is 688 g/mol. The first kappa shape index (κ1) is 38.8. The van der Waals surface area contributed by atoms with Crippen molar-refractivity contribution < 1.29 is 43.3 Å². The fraction of sp³-hybridized carbons (Fsp3) is 0.421. The van der Waals surface area contributed by atoms with Gasteiger partial charge in [-0.1, -0.05) is 49.4 Å². The number of hydrogen-bond acceptors (Lipinski definition) is 8. The summed E-state index contributed by atoms with van der Waals surface area (Å²) in [6, 6.07) is 21.0. The Labute approximate surface area is 303 Å². The van der Waals surface area contributed by atoms with Crippen molar-refractivity contribution in [2.45, 2.75) is 82.8 Å². The van der Waals surface area contributed by atoms with Crippen LogP contribution in [0.2, 0.25) is 18.6 Å². The molecule has 3 aromatic rings. The van der Waals surface area contributed by atoms with Crippen LogP contribution in [-0.2, 0) is 42.6 Å². The minimum absolute atomic E-state index is 0.0352. The van der Waals surface area contributed by atoms with Crippen molar-refractivity contribution in [1.29, 1.82) is 0 Å². The number of benzene rings is 3. The normalized spacial score (nSPS) is 22.2. The highest BCUT2D eigenvalue weighted by molar-refractivity contribution is 6.72. The number of carbonyl (C=O) groups is 4. The summed E-state index contributed by atoms with van der Waals surface area (Å²) in [5.41, 5.74) is 0.529. The van der Waals surface area contributed by atoms with E-state index in [9.17, 15) is 34.5 Å². The summed E-state index contributed by atoms with van der Waals surface area (Å²) >= 11 is 0. The molecule has 0 saturated carbocycles. The van der Waals surface area contributed by atoms with Gasteiger partial charge in [-0.25, -0.2) is 0 Å². The van der Waals surface area contributed by atoms with Gasteiger partial charge in [0.2, 0.25) is 14.3 Å². The number of halogens is 1. The fourth-order valence-corrected chi connectivity index (χ4v) is 9.92. The third kappa shape index (κ3) is 7.95. The number of aliphatic hydroxyl groups excluding tert-OH is 3. The SMILES string of the molecule is C[C@H](O)C(=O)Nc1cccc(CN2C(=O)[C@@]3(O[C@@H](CC(=O)N(CCO)Cc4ccccc4)[C@H]([Si](C)(C)F)[C@H]3C)c3cc(NC(=O)[C@H](C)O)ccc32)c1. The fourth-order valence-electron chi connectivity index (χ4n) is 7.42. The van der Waals surface area contributed by atoms with E-state index in [-0.39, 0.29) is 38.6 Å². The molecule has 2 aliphatic heterocycles. The monoisotopic (exact) mass is 734 g/mol. The molecule has 12 nitrogen and oxygen atoms in total. The molecule has 4 amide bonds. The average molecular weight is 735 g/mol. The molecule has 0 aliphatic carbocycles. The van der Waals surface area contributed by atoms with Crippen LogP contribution in [0.15, 0.2) is 72.8 Å². The zero-order valence-electron chi connectivity index (χ0n) is 30.0. The number of aliphatic hydroxyl groups is 3. The molecule has 0 bridgehead atoms. The minimum Gasteiger partial charge on any atom is -0.395 e. The lowest BCUT2D eigenvalue weighted by atomic mass is 9.82. The standard InChI is InChI=1S/C38H47FN4O8Si/c1-23-34(52(4,5)39)32(20-33(47)42(16-17-44)21-26-10-7-6-8-11-26)51-38(23)30-19-29(41-36(49)25(3)46)14-15-31(30)43(37(38)50)22-27-12-9-13-28(18-27)40-35(48)24(2)45/h6-15,18-19,23-25,32,34,44-46H,16-17,20-22H2,1-5H3,(H,40,48)(H,41,49)/t23-,24+,25+,32+,34-,38+/m1/s1. The second kappa shape index (κ2) is 15.6. The van der Waals surface area contributed by atoms with Crippen molar-refractivity contribution in [1.82, 2.24) is 4.90 Å². The van der Waals surface area contributed by atoms with Crippen LogP contribution in [0.25, 0.3) is 0 Å². The molecular formula is C38H47FN4O8Si. The number of hydrogen-bond donors (Lipinski definition) is 5. The van der Waals surface area contributed by atoms with Crippen LogP contribution < -0.4 is 15.5 Å². The van der Waals surface area contributed by atoms with Gasteiger partial charge in [0.05, 0.1) is 31.4 Å². The zero-order valence-corrected chi connectivity index (χ0v) is 31.0. The zero-order chi connectivity index (χ0) is 38.0. The molecule has 1 spiro atoms. The van der Waals surface area contributed by atoms with Crippen LogP contribution in [0.4, 0.5) is 21.2 Å². The predicted molar refractivity (Wildman–Crippen MR) is 196 cm³/mol. The molecule has 278 valence electrons. The summed E-state index contributed by atoms with van der Waals surface area (Å²) in [6.45, 7) is 7.56. The first-order chi connectivity index (χ1) is 24.6. The molecule has 2 heterocycles. The number of amides is 4. The molecule has 1 saturated heterocycles. The van der Waals surface area contributed by atoms with Crippen molar-refractivity contribution in [3.8, 4) is 0 Å². The Hall–Kier alpha value is -4.47. The largest absolute Gasteiger partial charge is 0.395 e. The van der Waals surface area contributed by atoms with Gasteiger partial charge in [-0.15, -0.1) is 0 Å². The van der Waals surface area contributed by atoms with Crippen molar-refractivity contribution in [2.75, 3.05) is 28.7 Å². The van der Waals surface area contributed by atoms with Crippen LogP contribution in [0, 0.1) is 5.92 Å². The number of rotatable bonds is 13. The minimum atomic E-state index is -3.65. The maximum absolute atomic E-state index is 16.5. The van der Waals surface area contributed by atoms with E-state index in [2.05, 4.69) is 10.6 Å². The van der Waals surface area contributed by atoms with Crippen LogP contribution in [0.3, 0.4) is 0 Å². The first-order valence-corrected chi connectivity index (χ1v) is 20.3. The smallest absolute Gasteiger partial charge is 0.264 e. The van der Waals surface area contributed by atoms with E-state index in [0.717, 1.165) is 5.56 Å². The van der Waals surface area contributed by atoms with Gasteiger partial charge < -0.3 is 44.6 Å².